The largest absolute Gasteiger partial charge is 0.491 e. The molecule has 0 spiro atoms. The van der Waals surface area contributed by atoms with Crippen LogP contribution in [0.3, 0.4) is 0 Å². The number of hydrogen-bond donors (Lipinski definition) is 1. The molecule has 3 aromatic rings. The number of nitrogens with zero attached hydrogens (tertiary/aromatic N) is 7. The van der Waals surface area contributed by atoms with Gasteiger partial charge in [0.2, 0.25) is 0 Å². The van der Waals surface area contributed by atoms with Crippen LogP contribution in [0, 0.1) is 17.2 Å². The molecule has 1 N–H and O–H groups in total. The molecule has 9 nitrogen and oxygen atoms in total. The highest BCUT2D eigenvalue weighted by atomic mass is 16.5. The van der Waals surface area contributed by atoms with Gasteiger partial charge in [0.15, 0.2) is 0 Å². The summed E-state index contributed by atoms with van der Waals surface area (Å²) in [6, 6.07) is 10.1. The predicted octanol–water partition coefficient (Wildman–Crippen LogP) is 3.80. The summed E-state index contributed by atoms with van der Waals surface area (Å²) in [5.74, 6) is 2.41. The molecule has 4 unspecified atom stereocenters. The van der Waals surface area contributed by atoms with Gasteiger partial charge in [-0.25, -0.2) is 9.50 Å². The number of aromatic nitrogens is 3. The van der Waals surface area contributed by atoms with Crippen molar-refractivity contribution in [1.29, 1.82) is 5.26 Å². The van der Waals surface area contributed by atoms with Crippen LogP contribution in [0.15, 0.2) is 36.8 Å². The maximum atomic E-state index is 10.0. The molecular weight excluding hydrogens is 502 g/mol. The maximum Gasteiger partial charge on any atom is 0.138 e. The normalized spacial score (nSPS) is 24.9. The van der Waals surface area contributed by atoms with Gasteiger partial charge in [0.1, 0.15) is 24.2 Å². The zero-order valence-corrected chi connectivity index (χ0v) is 23.9. The molecule has 40 heavy (non-hydrogen) atoms. The van der Waals surface area contributed by atoms with Crippen molar-refractivity contribution in [1.82, 2.24) is 24.4 Å². The Kier molecular flexibility index (Phi) is 7.67. The Labute approximate surface area is 237 Å². The third-order valence-corrected chi connectivity index (χ3v) is 8.97. The van der Waals surface area contributed by atoms with E-state index >= 15 is 0 Å². The molecular formula is C31H41N7O2. The Morgan fingerprint density at radius 2 is 2.00 bits per heavy atom. The minimum absolute atomic E-state index is 0.193. The number of nitriles is 1. The smallest absolute Gasteiger partial charge is 0.138 e. The lowest BCUT2D eigenvalue weighted by molar-refractivity contribution is -0.0100. The summed E-state index contributed by atoms with van der Waals surface area (Å²) in [4.78, 5) is 12.2. The Bertz CT molecular complexity index is 1350. The number of rotatable bonds is 9. The first-order valence-electron chi connectivity index (χ1n) is 14.8. The number of anilines is 1. The maximum absolute atomic E-state index is 10.0. The van der Waals surface area contributed by atoms with Crippen LogP contribution >= 0.6 is 0 Å². The fourth-order valence-corrected chi connectivity index (χ4v) is 6.83. The molecule has 1 aliphatic carbocycles. The molecule has 4 atom stereocenters. The van der Waals surface area contributed by atoms with E-state index in [0.717, 1.165) is 67.8 Å². The van der Waals surface area contributed by atoms with Crippen molar-refractivity contribution in [2.45, 2.75) is 70.2 Å². The molecule has 3 aromatic heterocycles. The molecule has 1 saturated carbocycles. The summed E-state index contributed by atoms with van der Waals surface area (Å²) in [6.45, 7) is 9.12. The summed E-state index contributed by atoms with van der Waals surface area (Å²) in [5, 5.41) is 24.2. The molecule has 0 aromatic carbocycles. The number of likely N-dealkylation sites (N-methyl/N-ethyl adjacent to an activating group) is 1. The van der Waals surface area contributed by atoms with Crippen LogP contribution in [-0.2, 0) is 0 Å². The quantitative estimate of drug-likeness (QED) is 0.436. The van der Waals surface area contributed by atoms with Gasteiger partial charge in [-0.2, -0.15) is 10.4 Å². The Balaban J connectivity index is 1.17. The first-order chi connectivity index (χ1) is 19.4. The van der Waals surface area contributed by atoms with E-state index in [0.29, 0.717) is 42.0 Å². The minimum Gasteiger partial charge on any atom is -0.491 e. The second kappa shape index (κ2) is 11.4. The molecule has 212 valence electrons. The predicted molar refractivity (Wildman–Crippen MR) is 155 cm³/mol. The monoisotopic (exact) mass is 543 g/mol. The number of piperidine rings is 1. The highest BCUT2D eigenvalue weighted by Gasteiger charge is 2.44. The average molecular weight is 544 g/mol. The van der Waals surface area contributed by atoms with Crippen molar-refractivity contribution < 1.29 is 9.84 Å². The number of aliphatic hydroxyl groups excluding tert-OH is 1. The van der Waals surface area contributed by atoms with Crippen molar-refractivity contribution in [2.24, 2.45) is 5.92 Å². The molecule has 0 amide bonds. The van der Waals surface area contributed by atoms with Crippen LogP contribution < -0.4 is 9.64 Å². The first kappa shape index (κ1) is 27.0. The van der Waals surface area contributed by atoms with Crippen LogP contribution in [0.4, 0.5) is 5.82 Å². The van der Waals surface area contributed by atoms with E-state index in [-0.39, 0.29) is 6.10 Å². The standard InChI is InChI=1S/C31H41N7O2/c1-21(2)17-37-25-11-26(37)19-36(18-25)30-8-7-22(15-33-30)29-13-28(20-38-31(29)23(14-32)16-34-38)40-10-9-35(3)24-5-4-6-27(39)12-24/h7-8,13,15-16,20-21,24-27,39H,4-6,9-12,17-19H2,1-3H3. The van der Waals surface area contributed by atoms with Gasteiger partial charge in [0.25, 0.3) is 0 Å². The third kappa shape index (κ3) is 5.40. The van der Waals surface area contributed by atoms with Crippen LogP contribution in [0.1, 0.15) is 51.5 Å². The van der Waals surface area contributed by atoms with Crippen LogP contribution in [0.5, 0.6) is 5.75 Å². The van der Waals surface area contributed by atoms with E-state index in [4.69, 9.17) is 9.72 Å². The molecule has 7 rings (SSSR count). The van der Waals surface area contributed by atoms with Crippen LogP contribution in [0.2, 0.25) is 0 Å². The zero-order valence-electron chi connectivity index (χ0n) is 23.9. The zero-order chi connectivity index (χ0) is 27.8. The van der Waals surface area contributed by atoms with E-state index in [1.165, 1.54) is 13.0 Å². The Morgan fingerprint density at radius 1 is 1.18 bits per heavy atom. The van der Waals surface area contributed by atoms with Gasteiger partial charge in [-0.05, 0) is 63.3 Å². The molecule has 0 radical (unpaired) electrons. The van der Waals surface area contributed by atoms with Gasteiger partial charge < -0.3 is 14.7 Å². The number of aliphatic hydroxyl groups is 1. The van der Waals surface area contributed by atoms with E-state index in [1.807, 2.05) is 18.5 Å². The summed E-state index contributed by atoms with van der Waals surface area (Å²) in [5.41, 5.74) is 3.12. The van der Waals surface area contributed by atoms with Crippen molar-refractivity contribution in [3.8, 4) is 22.9 Å². The molecule has 4 fully saturated rings. The molecule has 2 bridgehead atoms. The molecule has 6 heterocycles. The highest BCUT2D eigenvalue weighted by molar-refractivity contribution is 5.85. The summed E-state index contributed by atoms with van der Waals surface area (Å²) < 4.78 is 7.94. The van der Waals surface area contributed by atoms with Gasteiger partial charge in [0.05, 0.1) is 29.6 Å². The molecule has 3 saturated heterocycles. The van der Waals surface area contributed by atoms with E-state index in [9.17, 15) is 10.4 Å². The van der Waals surface area contributed by atoms with Crippen LogP contribution in [-0.4, -0.2) is 93.6 Å². The third-order valence-electron chi connectivity index (χ3n) is 8.97. The number of ether oxygens (including phenoxy) is 1. The van der Waals surface area contributed by atoms with Crippen molar-refractivity contribution >= 4 is 11.3 Å². The van der Waals surface area contributed by atoms with Crippen molar-refractivity contribution in [3.05, 3.63) is 42.4 Å². The van der Waals surface area contributed by atoms with Gasteiger partial charge >= 0.3 is 0 Å². The average Bonchev–Trinajstić information content (AvgIpc) is 3.38. The molecule has 3 aliphatic heterocycles. The second-order valence-corrected chi connectivity index (χ2v) is 12.3. The Morgan fingerprint density at radius 3 is 2.70 bits per heavy atom. The first-order valence-corrected chi connectivity index (χ1v) is 14.8. The van der Waals surface area contributed by atoms with Crippen molar-refractivity contribution in [2.75, 3.05) is 44.7 Å². The topological polar surface area (TPSA) is 93.2 Å². The van der Waals surface area contributed by atoms with Gasteiger partial charge in [-0.3, -0.25) is 9.80 Å². The van der Waals surface area contributed by atoms with E-state index in [2.05, 4.69) is 58.9 Å². The van der Waals surface area contributed by atoms with E-state index in [1.54, 1.807) is 10.7 Å². The lowest BCUT2D eigenvalue weighted by Crippen LogP contribution is -2.69. The SMILES string of the molecule is CC(C)CN1C2CC1CN(c1ccc(-c3cc(OCCN(C)C4CCCC(O)C4)cn4ncc(C#N)c34)cn1)C2. The lowest BCUT2D eigenvalue weighted by atomic mass is 9.86. The lowest BCUT2D eigenvalue weighted by Gasteiger charge is -2.57. The number of piperazine rings is 1. The summed E-state index contributed by atoms with van der Waals surface area (Å²) in [6.07, 6.45) is 10.4. The van der Waals surface area contributed by atoms with E-state index < -0.39 is 0 Å². The van der Waals surface area contributed by atoms with Crippen molar-refractivity contribution in [3.63, 3.8) is 0 Å². The Hall–Kier alpha value is -3.19. The highest BCUT2D eigenvalue weighted by Crippen LogP contribution is 2.36. The number of pyridine rings is 2. The fourth-order valence-electron chi connectivity index (χ4n) is 6.83. The molecule has 4 aliphatic rings. The van der Waals surface area contributed by atoms with Gasteiger partial charge in [-0.1, -0.05) is 13.8 Å². The van der Waals surface area contributed by atoms with Crippen LogP contribution in [0.25, 0.3) is 16.6 Å². The summed E-state index contributed by atoms with van der Waals surface area (Å²) >= 11 is 0. The fraction of sp³-hybridized carbons (Fsp3) is 0.581. The summed E-state index contributed by atoms with van der Waals surface area (Å²) in [7, 11) is 2.11. The number of fused-ring (bicyclic) bond motifs is 3. The van der Waals surface area contributed by atoms with Gasteiger partial charge in [0, 0.05) is 61.6 Å². The molecule has 9 heteroatoms. The minimum atomic E-state index is -0.193. The van der Waals surface area contributed by atoms with Gasteiger partial charge in [-0.15, -0.1) is 0 Å². The second-order valence-electron chi connectivity index (χ2n) is 12.3. The number of hydrogen-bond acceptors (Lipinski definition) is 8.